The van der Waals surface area contributed by atoms with E-state index < -0.39 is 49.5 Å². The van der Waals surface area contributed by atoms with Crippen LogP contribution in [0.1, 0.15) is 232 Å². The Balaban J connectivity index is 2.23. The van der Waals surface area contributed by atoms with Crippen LogP contribution in [0.4, 0.5) is 0 Å². The van der Waals surface area contributed by atoms with Gasteiger partial charge in [0.2, 0.25) is 5.91 Å². The van der Waals surface area contributed by atoms with Crippen LogP contribution in [-0.4, -0.2) is 100 Å². The Morgan fingerprint density at radius 2 is 1.03 bits per heavy atom. The fourth-order valence-corrected chi connectivity index (χ4v) is 8.10. The summed E-state index contributed by atoms with van der Waals surface area (Å²) in [4.78, 5) is 25.0. The SMILES string of the molecule is CCCCCCCCC/C=C/CC/C=C/C(O)C(COC1OC(CO)C(O)C(O)C1O)NC(=O)CCCCCCCCCCCCCOC(=O)CCCCCCCCCCCCC. The first kappa shape index (κ1) is 59.2. The third-order valence-electron chi connectivity index (χ3n) is 12.3. The number of nitrogens with one attached hydrogen (secondary N) is 1. The van der Waals surface area contributed by atoms with Crippen LogP contribution in [0.2, 0.25) is 0 Å². The van der Waals surface area contributed by atoms with Gasteiger partial charge in [-0.25, -0.2) is 0 Å². The van der Waals surface area contributed by atoms with Crippen molar-refractivity contribution >= 4 is 11.9 Å². The van der Waals surface area contributed by atoms with Crippen molar-refractivity contribution in [3.05, 3.63) is 24.3 Å². The summed E-state index contributed by atoms with van der Waals surface area (Å²) >= 11 is 0. The summed E-state index contributed by atoms with van der Waals surface area (Å²) in [5.41, 5.74) is 0. The zero-order chi connectivity index (χ0) is 46.0. The number of rotatable bonds is 44. The molecule has 1 amide bonds. The number of esters is 1. The number of aliphatic hydroxyl groups excluding tert-OH is 5. The van der Waals surface area contributed by atoms with E-state index >= 15 is 0 Å². The number of ether oxygens (including phenoxy) is 3. The zero-order valence-electron chi connectivity index (χ0n) is 40.3. The quantitative estimate of drug-likeness (QED) is 0.0196. The third-order valence-corrected chi connectivity index (χ3v) is 12.3. The molecule has 370 valence electrons. The van der Waals surface area contributed by atoms with Crippen LogP contribution >= 0.6 is 0 Å². The summed E-state index contributed by atoms with van der Waals surface area (Å²) in [7, 11) is 0. The molecular weight excluding hydrogens is 799 g/mol. The van der Waals surface area contributed by atoms with E-state index in [1.54, 1.807) is 6.08 Å². The van der Waals surface area contributed by atoms with Gasteiger partial charge in [0.15, 0.2) is 6.29 Å². The maximum atomic E-state index is 13.0. The molecule has 0 radical (unpaired) electrons. The van der Waals surface area contributed by atoms with Gasteiger partial charge in [0.05, 0.1) is 32.0 Å². The van der Waals surface area contributed by atoms with Gasteiger partial charge in [0, 0.05) is 12.8 Å². The predicted molar refractivity (Wildman–Crippen MR) is 255 cm³/mol. The maximum absolute atomic E-state index is 13.0. The molecule has 7 unspecified atom stereocenters. The van der Waals surface area contributed by atoms with E-state index in [1.165, 1.54) is 135 Å². The highest BCUT2D eigenvalue weighted by molar-refractivity contribution is 5.76. The molecule has 6 N–H and O–H groups in total. The van der Waals surface area contributed by atoms with Crippen molar-refractivity contribution in [3.63, 3.8) is 0 Å². The largest absolute Gasteiger partial charge is 0.466 e. The molecule has 0 aromatic rings. The number of carbonyl (C=O) groups excluding carboxylic acids is 2. The van der Waals surface area contributed by atoms with Crippen LogP contribution in [0, 0.1) is 0 Å². The number of hydrogen-bond donors (Lipinski definition) is 6. The maximum Gasteiger partial charge on any atom is 0.305 e. The van der Waals surface area contributed by atoms with Crippen molar-refractivity contribution in [3.8, 4) is 0 Å². The first-order valence-electron chi connectivity index (χ1n) is 26.1. The topological polar surface area (TPSA) is 175 Å². The van der Waals surface area contributed by atoms with Crippen molar-refractivity contribution in [2.24, 2.45) is 0 Å². The molecule has 1 aliphatic heterocycles. The van der Waals surface area contributed by atoms with Crippen LogP contribution in [0.5, 0.6) is 0 Å². The average Bonchev–Trinajstić information content (AvgIpc) is 3.28. The fourth-order valence-electron chi connectivity index (χ4n) is 8.10. The molecule has 11 nitrogen and oxygen atoms in total. The molecule has 0 spiro atoms. The van der Waals surface area contributed by atoms with Crippen molar-refractivity contribution in [1.82, 2.24) is 5.32 Å². The van der Waals surface area contributed by atoms with Crippen molar-refractivity contribution in [1.29, 1.82) is 0 Å². The van der Waals surface area contributed by atoms with E-state index in [-0.39, 0.29) is 18.5 Å². The van der Waals surface area contributed by atoms with Crippen LogP contribution in [0.3, 0.4) is 0 Å². The van der Waals surface area contributed by atoms with Gasteiger partial charge in [-0.2, -0.15) is 0 Å². The van der Waals surface area contributed by atoms with E-state index in [2.05, 4.69) is 31.3 Å². The number of carbonyl (C=O) groups is 2. The highest BCUT2D eigenvalue weighted by atomic mass is 16.7. The van der Waals surface area contributed by atoms with Gasteiger partial charge in [0.1, 0.15) is 24.4 Å². The number of aliphatic hydroxyl groups is 5. The zero-order valence-corrected chi connectivity index (χ0v) is 40.3. The lowest BCUT2D eigenvalue weighted by Crippen LogP contribution is -2.60. The summed E-state index contributed by atoms with van der Waals surface area (Å²) in [6.45, 7) is 4.24. The number of hydrogen-bond acceptors (Lipinski definition) is 10. The molecule has 7 atom stereocenters. The summed E-state index contributed by atoms with van der Waals surface area (Å²) in [5, 5.41) is 54.2. The van der Waals surface area contributed by atoms with Gasteiger partial charge in [-0.05, 0) is 44.9 Å². The van der Waals surface area contributed by atoms with E-state index in [4.69, 9.17) is 14.2 Å². The lowest BCUT2D eigenvalue weighted by molar-refractivity contribution is -0.302. The van der Waals surface area contributed by atoms with E-state index in [9.17, 15) is 35.1 Å². The standard InChI is InChI=1S/C52H97NO10/c1-3-5-7-9-11-13-15-16-19-22-26-30-34-38-45(55)44(43-62-52-51(60)50(59)49(58)46(42-54)63-52)53-47(56)39-35-31-27-23-20-17-21-25-29-33-37-41-61-48(57)40-36-32-28-24-18-14-12-10-8-6-4-2/h19,22,34,38,44-46,49-52,54-55,58-60H,3-18,20-21,23-33,35-37,39-43H2,1-2H3,(H,53,56)/b22-19+,38-34+. The Kier molecular flexibility index (Phi) is 40.1. The van der Waals surface area contributed by atoms with Gasteiger partial charge in [-0.3, -0.25) is 9.59 Å². The smallest absolute Gasteiger partial charge is 0.305 e. The molecule has 1 aliphatic rings. The minimum absolute atomic E-state index is 0.0414. The van der Waals surface area contributed by atoms with Gasteiger partial charge >= 0.3 is 5.97 Å². The van der Waals surface area contributed by atoms with Gasteiger partial charge in [-0.1, -0.05) is 199 Å². The lowest BCUT2D eigenvalue weighted by Gasteiger charge is -2.40. The average molecular weight is 896 g/mol. The Labute approximate surface area is 384 Å². The normalized spacial score (nSPS) is 20.1. The Morgan fingerprint density at radius 1 is 0.571 bits per heavy atom. The van der Waals surface area contributed by atoms with Crippen LogP contribution < -0.4 is 5.32 Å². The predicted octanol–water partition coefficient (Wildman–Crippen LogP) is 10.6. The molecule has 0 bridgehead atoms. The van der Waals surface area contributed by atoms with E-state index in [0.29, 0.717) is 19.4 Å². The van der Waals surface area contributed by atoms with E-state index in [1.807, 2.05) is 6.08 Å². The Morgan fingerprint density at radius 3 is 1.57 bits per heavy atom. The molecular formula is C52H97NO10. The fraction of sp³-hybridized carbons (Fsp3) is 0.885. The first-order valence-corrected chi connectivity index (χ1v) is 26.1. The molecule has 1 rings (SSSR count). The molecule has 63 heavy (non-hydrogen) atoms. The molecule has 11 heteroatoms. The molecule has 1 saturated heterocycles. The van der Waals surface area contributed by atoms with Crippen LogP contribution in [-0.2, 0) is 23.8 Å². The van der Waals surface area contributed by atoms with Crippen LogP contribution in [0.25, 0.3) is 0 Å². The summed E-state index contributed by atoms with van der Waals surface area (Å²) in [6.07, 6.45) is 38.2. The highest BCUT2D eigenvalue weighted by Crippen LogP contribution is 2.23. The van der Waals surface area contributed by atoms with Crippen molar-refractivity contribution < 1.29 is 49.3 Å². The molecule has 0 aromatic heterocycles. The minimum atomic E-state index is -1.58. The number of allylic oxidation sites excluding steroid dienone is 3. The molecule has 0 saturated carbocycles. The second-order valence-electron chi connectivity index (χ2n) is 18.2. The number of unbranched alkanes of at least 4 members (excludes halogenated alkanes) is 28. The molecule has 0 aliphatic carbocycles. The summed E-state index contributed by atoms with van der Waals surface area (Å²) in [6, 6.07) is -0.840. The monoisotopic (exact) mass is 896 g/mol. The Hall–Kier alpha value is -1.86. The van der Waals surface area contributed by atoms with Gasteiger partial charge in [-0.15, -0.1) is 0 Å². The lowest BCUT2D eigenvalue weighted by atomic mass is 9.99. The first-order chi connectivity index (χ1) is 30.7. The van der Waals surface area contributed by atoms with Gasteiger partial charge in [0.25, 0.3) is 0 Å². The van der Waals surface area contributed by atoms with E-state index in [0.717, 1.165) is 70.6 Å². The molecule has 1 heterocycles. The highest BCUT2D eigenvalue weighted by Gasteiger charge is 2.44. The molecule has 1 fully saturated rings. The van der Waals surface area contributed by atoms with Gasteiger partial charge < -0.3 is 45.1 Å². The van der Waals surface area contributed by atoms with Crippen molar-refractivity contribution in [2.45, 2.75) is 275 Å². The van der Waals surface area contributed by atoms with Crippen LogP contribution in [0.15, 0.2) is 24.3 Å². The molecule has 0 aromatic carbocycles. The minimum Gasteiger partial charge on any atom is -0.466 e. The summed E-state index contributed by atoms with van der Waals surface area (Å²) in [5.74, 6) is -0.252. The van der Waals surface area contributed by atoms with Crippen molar-refractivity contribution in [2.75, 3.05) is 19.8 Å². The third kappa shape index (κ3) is 33.3. The second kappa shape index (κ2) is 42.8. The Bertz CT molecular complexity index is 1100. The summed E-state index contributed by atoms with van der Waals surface area (Å²) < 4.78 is 16.6. The second-order valence-corrected chi connectivity index (χ2v) is 18.2. The number of amides is 1.